The van der Waals surface area contributed by atoms with Crippen LogP contribution in [0.15, 0.2) is 24.7 Å². The second kappa shape index (κ2) is 10.00. The second-order valence-electron chi connectivity index (χ2n) is 12.7. The molecule has 0 N–H and O–H groups in total. The number of nitrogens with zero attached hydrogens (tertiary/aromatic N) is 2. The number of allylic oxidation sites excluding steroid dienone is 2. The van der Waals surface area contributed by atoms with Crippen molar-refractivity contribution in [3.8, 4) is 0 Å². The van der Waals surface area contributed by atoms with E-state index >= 15 is 0 Å². The molecule has 2 rings (SSSR count). The van der Waals surface area contributed by atoms with Gasteiger partial charge in [0, 0.05) is 22.2 Å². The van der Waals surface area contributed by atoms with Crippen molar-refractivity contribution in [2.24, 2.45) is 11.8 Å². The number of hydrogen-bond donors (Lipinski definition) is 0. The van der Waals surface area contributed by atoms with Crippen LogP contribution in [0.1, 0.15) is 108 Å². The maximum absolute atomic E-state index is 5.87. The minimum Gasteiger partial charge on any atom is -0.473 e. The monoisotopic (exact) mass is 432 g/mol. The summed E-state index contributed by atoms with van der Waals surface area (Å²) in [5.74, 6) is 1.14. The molecule has 0 amide bonds. The Morgan fingerprint density at radius 1 is 0.613 bits per heavy atom. The van der Waals surface area contributed by atoms with Gasteiger partial charge in [-0.2, -0.15) is 0 Å². The summed E-state index contributed by atoms with van der Waals surface area (Å²) >= 11 is 0. The van der Waals surface area contributed by atoms with E-state index in [1.807, 2.05) is 12.5 Å². The van der Waals surface area contributed by atoms with Crippen LogP contribution in [0.2, 0.25) is 0 Å². The molecule has 0 aromatic heterocycles. The summed E-state index contributed by atoms with van der Waals surface area (Å²) in [5, 5.41) is 0. The summed E-state index contributed by atoms with van der Waals surface area (Å²) in [7, 11) is 0. The molecule has 0 saturated carbocycles. The zero-order valence-corrected chi connectivity index (χ0v) is 22.4. The van der Waals surface area contributed by atoms with E-state index in [-0.39, 0.29) is 22.2 Å². The lowest BCUT2D eigenvalue weighted by atomic mass is 9.73. The lowest BCUT2D eigenvalue weighted by Crippen LogP contribution is -2.60. The third kappa shape index (κ3) is 6.60. The Morgan fingerprint density at radius 3 is 1.16 bits per heavy atom. The molecule has 2 heterocycles. The third-order valence-corrected chi connectivity index (χ3v) is 7.72. The standard InChI is InChI=1S/C28H52N2O/c1-11-15-29-25(3,4)19-23(20-26(29,5)6)13-17-31-18-14-24-21-27(7,8)30(16-12-2)28(9,10)22-24/h13-14,17-18,23-24H,11-12,15-16,19-22H2,1-10H3. The highest BCUT2D eigenvalue weighted by Crippen LogP contribution is 2.43. The first-order chi connectivity index (χ1) is 14.2. The highest BCUT2D eigenvalue weighted by Gasteiger charge is 2.45. The second-order valence-corrected chi connectivity index (χ2v) is 12.7. The van der Waals surface area contributed by atoms with Gasteiger partial charge in [0.25, 0.3) is 0 Å². The van der Waals surface area contributed by atoms with E-state index in [9.17, 15) is 0 Å². The van der Waals surface area contributed by atoms with E-state index in [0.717, 1.165) is 0 Å². The summed E-state index contributed by atoms with van der Waals surface area (Å²) in [6.45, 7) is 26.2. The smallest absolute Gasteiger partial charge is 0.0864 e. The Kier molecular flexibility index (Phi) is 8.53. The average molecular weight is 433 g/mol. The van der Waals surface area contributed by atoms with Crippen molar-refractivity contribution in [1.29, 1.82) is 0 Å². The Labute approximate surface area is 194 Å². The summed E-state index contributed by atoms with van der Waals surface area (Å²) in [5.41, 5.74) is 0.914. The molecule has 3 nitrogen and oxygen atoms in total. The normalized spacial score (nSPS) is 27.3. The Morgan fingerprint density at radius 2 is 0.903 bits per heavy atom. The molecule has 2 aliphatic rings. The number of rotatable bonds is 8. The van der Waals surface area contributed by atoms with Crippen LogP contribution in [0, 0.1) is 11.8 Å². The molecule has 0 atom stereocenters. The Bertz CT molecular complexity index is 539. The van der Waals surface area contributed by atoms with Crippen LogP contribution in [0.4, 0.5) is 0 Å². The average Bonchev–Trinajstić information content (AvgIpc) is 2.59. The predicted octanol–water partition coefficient (Wildman–Crippen LogP) is 7.39. The highest BCUT2D eigenvalue weighted by atomic mass is 16.5. The van der Waals surface area contributed by atoms with Gasteiger partial charge < -0.3 is 4.74 Å². The van der Waals surface area contributed by atoms with Crippen LogP contribution in [0.3, 0.4) is 0 Å². The zero-order valence-electron chi connectivity index (χ0n) is 22.4. The molecule has 0 bridgehead atoms. The minimum atomic E-state index is 0.228. The van der Waals surface area contributed by atoms with Crippen LogP contribution in [-0.2, 0) is 4.74 Å². The molecular formula is C28H52N2O. The van der Waals surface area contributed by atoms with Crippen LogP contribution < -0.4 is 0 Å². The summed E-state index contributed by atoms with van der Waals surface area (Å²) in [6.07, 6.45) is 15.7. The van der Waals surface area contributed by atoms with Gasteiger partial charge in [-0.05, 0) is 131 Å². The van der Waals surface area contributed by atoms with E-state index in [2.05, 4.69) is 91.2 Å². The molecule has 0 radical (unpaired) electrons. The van der Waals surface area contributed by atoms with Gasteiger partial charge in [-0.25, -0.2) is 0 Å². The molecular weight excluding hydrogens is 380 g/mol. The molecule has 2 saturated heterocycles. The van der Waals surface area contributed by atoms with Crippen molar-refractivity contribution in [2.75, 3.05) is 13.1 Å². The van der Waals surface area contributed by atoms with Crippen molar-refractivity contribution in [2.45, 2.75) is 130 Å². The lowest BCUT2D eigenvalue weighted by molar-refractivity contribution is -0.0421. The molecule has 0 spiro atoms. The predicted molar refractivity (Wildman–Crippen MR) is 135 cm³/mol. The van der Waals surface area contributed by atoms with Crippen LogP contribution >= 0.6 is 0 Å². The first-order valence-corrected chi connectivity index (χ1v) is 12.8. The van der Waals surface area contributed by atoms with E-state index < -0.39 is 0 Å². The summed E-state index contributed by atoms with van der Waals surface area (Å²) < 4.78 is 5.87. The molecule has 2 fully saturated rings. The number of piperidine rings is 2. The third-order valence-electron chi connectivity index (χ3n) is 7.72. The molecule has 180 valence electrons. The maximum atomic E-state index is 5.87. The van der Waals surface area contributed by atoms with Gasteiger partial charge in [-0.3, -0.25) is 9.80 Å². The fourth-order valence-electron chi connectivity index (χ4n) is 7.08. The summed E-state index contributed by atoms with van der Waals surface area (Å²) in [4.78, 5) is 5.42. The van der Waals surface area contributed by atoms with Gasteiger partial charge in [0.2, 0.25) is 0 Å². The highest BCUT2D eigenvalue weighted by molar-refractivity contribution is 5.06. The van der Waals surface area contributed by atoms with Gasteiger partial charge in [0.1, 0.15) is 0 Å². The van der Waals surface area contributed by atoms with Gasteiger partial charge in [-0.1, -0.05) is 13.8 Å². The maximum Gasteiger partial charge on any atom is 0.0864 e. The van der Waals surface area contributed by atoms with E-state index in [0.29, 0.717) is 11.8 Å². The molecule has 2 aliphatic heterocycles. The molecule has 0 aliphatic carbocycles. The summed E-state index contributed by atoms with van der Waals surface area (Å²) in [6, 6.07) is 0. The lowest BCUT2D eigenvalue weighted by Gasteiger charge is -2.55. The van der Waals surface area contributed by atoms with Gasteiger partial charge in [0.15, 0.2) is 0 Å². The van der Waals surface area contributed by atoms with E-state index in [1.165, 1.54) is 51.6 Å². The molecule has 3 heteroatoms. The molecule has 0 aromatic carbocycles. The van der Waals surface area contributed by atoms with Crippen molar-refractivity contribution in [3.05, 3.63) is 24.7 Å². The van der Waals surface area contributed by atoms with Crippen LogP contribution in [-0.4, -0.2) is 45.0 Å². The van der Waals surface area contributed by atoms with Gasteiger partial charge in [-0.15, -0.1) is 0 Å². The van der Waals surface area contributed by atoms with Crippen LogP contribution in [0.25, 0.3) is 0 Å². The van der Waals surface area contributed by atoms with Crippen molar-refractivity contribution in [1.82, 2.24) is 9.80 Å². The van der Waals surface area contributed by atoms with Gasteiger partial charge >= 0.3 is 0 Å². The zero-order chi connectivity index (χ0) is 23.5. The number of hydrogen-bond acceptors (Lipinski definition) is 3. The first kappa shape index (κ1) is 26.5. The fourth-order valence-corrected chi connectivity index (χ4v) is 7.08. The first-order valence-electron chi connectivity index (χ1n) is 12.8. The topological polar surface area (TPSA) is 15.7 Å². The molecule has 0 unspecified atom stereocenters. The largest absolute Gasteiger partial charge is 0.473 e. The van der Waals surface area contributed by atoms with Crippen molar-refractivity contribution < 1.29 is 4.74 Å². The minimum absolute atomic E-state index is 0.228. The quantitative estimate of drug-likeness (QED) is 0.372. The van der Waals surface area contributed by atoms with Crippen molar-refractivity contribution in [3.63, 3.8) is 0 Å². The Balaban J connectivity index is 1.93. The Hall–Kier alpha value is -0.800. The molecule has 31 heavy (non-hydrogen) atoms. The fraction of sp³-hybridized carbons (Fsp3) is 0.857. The van der Waals surface area contributed by atoms with E-state index in [4.69, 9.17) is 4.74 Å². The van der Waals surface area contributed by atoms with Gasteiger partial charge in [0.05, 0.1) is 12.5 Å². The SMILES string of the molecule is CCCN1C(C)(C)CC(C=COC=CC2CC(C)(C)N(CCC)C(C)(C)C2)CC1(C)C. The number of ether oxygens (including phenoxy) is 1. The molecule has 0 aromatic rings. The van der Waals surface area contributed by atoms with E-state index in [1.54, 1.807) is 0 Å². The van der Waals surface area contributed by atoms with Crippen molar-refractivity contribution >= 4 is 0 Å². The number of likely N-dealkylation sites (tertiary alicyclic amines) is 2. The van der Waals surface area contributed by atoms with Crippen LogP contribution in [0.5, 0.6) is 0 Å².